The van der Waals surface area contributed by atoms with E-state index in [1.807, 2.05) is 24.3 Å². The van der Waals surface area contributed by atoms with Crippen LogP contribution in [0.2, 0.25) is 5.02 Å². The maximum atomic E-state index is 6.39. The van der Waals surface area contributed by atoms with E-state index < -0.39 is 0 Å². The minimum atomic E-state index is -0.0700. The lowest BCUT2D eigenvalue weighted by Crippen LogP contribution is -2.23. The van der Waals surface area contributed by atoms with Crippen LogP contribution < -0.4 is 4.74 Å². The molecule has 0 bridgehead atoms. The molecule has 1 nitrogen and oxygen atoms in total. The average Bonchev–Trinajstić information content (AvgIpc) is 2.47. The second kappa shape index (κ2) is 6.19. The van der Waals surface area contributed by atoms with Gasteiger partial charge >= 0.3 is 0 Å². The molecule has 0 spiro atoms. The summed E-state index contributed by atoms with van der Waals surface area (Å²) in [6.45, 7) is 4.42. The van der Waals surface area contributed by atoms with Crippen LogP contribution in [0.5, 0.6) is 5.75 Å². The molecular formula is C17H18BrClO. The van der Waals surface area contributed by atoms with Crippen LogP contribution in [0.15, 0.2) is 48.5 Å². The molecule has 0 aromatic heterocycles. The summed E-state index contributed by atoms with van der Waals surface area (Å²) in [7, 11) is 1.64. The Morgan fingerprint density at radius 3 is 2.30 bits per heavy atom. The molecule has 0 aliphatic heterocycles. The van der Waals surface area contributed by atoms with Crippen LogP contribution in [-0.4, -0.2) is 7.11 Å². The first-order chi connectivity index (χ1) is 9.46. The van der Waals surface area contributed by atoms with Gasteiger partial charge in [0, 0.05) is 10.4 Å². The summed E-state index contributed by atoms with van der Waals surface area (Å²) in [4.78, 5) is 0.121. The van der Waals surface area contributed by atoms with Gasteiger partial charge in [-0.25, -0.2) is 0 Å². The van der Waals surface area contributed by atoms with Crippen LogP contribution in [0, 0.1) is 0 Å². The lowest BCUT2D eigenvalue weighted by Gasteiger charge is -2.32. The van der Waals surface area contributed by atoms with E-state index in [2.05, 4.69) is 54.0 Å². The number of alkyl halides is 1. The summed E-state index contributed by atoms with van der Waals surface area (Å²) < 4.78 is 5.20. The summed E-state index contributed by atoms with van der Waals surface area (Å²) in [5, 5.41) is 0.718. The van der Waals surface area contributed by atoms with E-state index in [-0.39, 0.29) is 10.2 Å². The predicted molar refractivity (Wildman–Crippen MR) is 89.1 cm³/mol. The molecule has 1 atom stereocenters. The minimum Gasteiger partial charge on any atom is -0.497 e. The van der Waals surface area contributed by atoms with Gasteiger partial charge in [0.2, 0.25) is 0 Å². The van der Waals surface area contributed by atoms with Gasteiger partial charge in [-0.3, -0.25) is 0 Å². The van der Waals surface area contributed by atoms with Gasteiger partial charge in [0.05, 0.1) is 11.9 Å². The van der Waals surface area contributed by atoms with E-state index in [1.165, 1.54) is 5.56 Å². The van der Waals surface area contributed by atoms with Crippen molar-refractivity contribution in [2.75, 3.05) is 7.11 Å². The van der Waals surface area contributed by atoms with Crippen molar-refractivity contribution in [1.29, 1.82) is 0 Å². The van der Waals surface area contributed by atoms with Crippen molar-refractivity contribution in [1.82, 2.24) is 0 Å². The van der Waals surface area contributed by atoms with Crippen molar-refractivity contribution in [3.63, 3.8) is 0 Å². The van der Waals surface area contributed by atoms with Crippen molar-refractivity contribution < 1.29 is 4.74 Å². The fourth-order valence-corrected chi connectivity index (χ4v) is 3.32. The number of halogens is 2. The van der Waals surface area contributed by atoms with Crippen LogP contribution in [0.3, 0.4) is 0 Å². The third kappa shape index (κ3) is 3.02. The van der Waals surface area contributed by atoms with Crippen molar-refractivity contribution >= 4 is 27.5 Å². The van der Waals surface area contributed by atoms with Gasteiger partial charge in [-0.15, -0.1) is 0 Å². The monoisotopic (exact) mass is 352 g/mol. The van der Waals surface area contributed by atoms with Gasteiger partial charge in [-0.05, 0) is 23.3 Å². The minimum absolute atomic E-state index is 0.0700. The molecule has 0 heterocycles. The van der Waals surface area contributed by atoms with Gasteiger partial charge in [0.15, 0.2) is 0 Å². The zero-order valence-corrected chi connectivity index (χ0v) is 14.2. The summed E-state index contributed by atoms with van der Waals surface area (Å²) in [5.41, 5.74) is 2.27. The zero-order chi connectivity index (χ0) is 14.8. The first-order valence-corrected chi connectivity index (χ1v) is 7.79. The van der Waals surface area contributed by atoms with E-state index >= 15 is 0 Å². The number of benzene rings is 2. The number of ether oxygens (including phenoxy) is 1. The van der Waals surface area contributed by atoms with Gasteiger partial charge in [0.1, 0.15) is 5.75 Å². The first-order valence-electron chi connectivity index (χ1n) is 6.50. The Bertz CT molecular complexity index is 581. The molecule has 0 aliphatic rings. The normalized spacial score (nSPS) is 13.1. The topological polar surface area (TPSA) is 9.23 Å². The van der Waals surface area contributed by atoms with Gasteiger partial charge in [-0.1, -0.05) is 77.8 Å². The Labute approximate surface area is 134 Å². The second-order valence-electron chi connectivity index (χ2n) is 5.34. The molecule has 0 saturated carbocycles. The van der Waals surface area contributed by atoms with Crippen molar-refractivity contribution in [3.8, 4) is 5.75 Å². The Balaban J connectivity index is 2.38. The van der Waals surface area contributed by atoms with Crippen molar-refractivity contribution in [2.45, 2.75) is 24.1 Å². The molecule has 0 aliphatic carbocycles. The quantitative estimate of drug-likeness (QED) is 0.635. The SMILES string of the molecule is COc1ccc(C(Br)C(C)(C)c2ccccc2)c(Cl)c1. The Hall–Kier alpha value is -0.990. The Morgan fingerprint density at radius 1 is 1.10 bits per heavy atom. The predicted octanol–water partition coefficient (Wildman–Crippen LogP) is 5.76. The standard InChI is InChI=1S/C17H18BrClO/c1-17(2,12-7-5-4-6-8-12)16(18)14-10-9-13(20-3)11-15(14)19/h4-11,16H,1-3H3. The molecule has 2 aromatic rings. The number of hydrogen-bond donors (Lipinski definition) is 0. The molecule has 0 radical (unpaired) electrons. The van der Waals surface area contributed by atoms with E-state index in [1.54, 1.807) is 7.11 Å². The summed E-state index contributed by atoms with van der Waals surface area (Å²) in [5.74, 6) is 0.774. The van der Waals surface area contributed by atoms with Gasteiger partial charge < -0.3 is 4.74 Å². The van der Waals surface area contributed by atoms with E-state index in [0.29, 0.717) is 0 Å². The van der Waals surface area contributed by atoms with E-state index in [9.17, 15) is 0 Å². The molecule has 2 rings (SSSR count). The molecule has 0 saturated heterocycles. The highest BCUT2D eigenvalue weighted by molar-refractivity contribution is 9.09. The third-order valence-corrected chi connectivity index (χ3v) is 5.60. The summed E-state index contributed by atoms with van der Waals surface area (Å²) >= 11 is 10.2. The Kier molecular flexibility index (Phi) is 4.77. The smallest absolute Gasteiger partial charge is 0.120 e. The van der Waals surface area contributed by atoms with Crippen molar-refractivity contribution in [3.05, 3.63) is 64.7 Å². The maximum absolute atomic E-state index is 6.39. The lowest BCUT2D eigenvalue weighted by molar-refractivity contribution is 0.414. The fraction of sp³-hybridized carbons (Fsp3) is 0.294. The van der Waals surface area contributed by atoms with E-state index in [0.717, 1.165) is 16.3 Å². The van der Waals surface area contributed by atoms with Crippen LogP contribution in [0.4, 0.5) is 0 Å². The summed E-state index contributed by atoms with van der Waals surface area (Å²) in [6.07, 6.45) is 0. The first kappa shape index (κ1) is 15.4. The Morgan fingerprint density at radius 2 is 1.75 bits per heavy atom. The van der Waals surface area contributed by atoms with Crippen LogP contribution >= 0.6 is 27.5 Å². The highest BCUT2D eigenvalue weighted by Crippen LogP contribution is 2.45. The molecule has 20 heavy (non-hydrogen) atoms. The van der Waals surface area contributed by atoms with Crippen LogP contribution in [-0.2, 0) is 5.41 Å². The number of rotatable bonds is 4. The number of methoxy groups -OCH3 is 1. The molecule has 0 N–H and O–H groups in total. The zero-order valence-electron chi connectivity index (χ0n) is 11.9. The molecule has 3 heteroatoms. The van der Waals surface area contributed by atoms with Crippen LogP contribution in [0.1, 0.15) is 29.8 Å². The average molecular weight is 354 g/mol. The van der Waals surface area contributed by atoms with Crippen LogP contribution in [0.25, 0.3) is 0 Å². The lowest BCUT2D eigenvalue weighted by atomic mass is 9.79. The molecule has 106 valence electrons. The fourth-order valence-electron chi connectivity index (χ4n) is 2.24. The molecule has 2 aromatic carbocycles. The highest BCUT2D eigenvalue weighted by Gasteiger charge is 2.31. The molecule has 0 fully saturated rings. The number of hydrogen-bond acceptors (Lipinski definition) is 1. The largest absolute Gasteiger partial charge is 0.497 e. The third-order valence-electron chi connectivity index (χ3n) is 3.63. The van der Waals surface area contributed by atoms with Crippen molar-refractivity contribution in [2.24, 2.45) is 0 Å². The second-order valence-corrected chi connectivity index (χ2v) is 6.66. The molecule has 1 unspecified atom stereocenters. The molecule has 0 amide bonds. The van der Waals surface area contributed by atoms with Gasteiger partial charge in [-0.2, -0.15) is 0 Å². The maximum Gasteiger partial charge on any atom is 0.120 e. The molecular weight excluding hydrogens is 336 g/mol. The van der Waals surface area contributed by atoms with E-state index in [4.69, 9.17) is 16.3 Å². The highest BCUT2D eigenvalue weighted by atomic mass is 79.9. The van der Waals surface area contributed by atoms with Gasteiger partial charge in [0.25, 0.3) is 0 Å². The summed E-state index contributed by atoms with van der Waals surface area (Å²) in [6, 6.07) is 16.3.